The van der Waals surface area contributed by atoms with E-state index >= 15 is 0 Å². The van der Waals surface area contributed by atoms with Crippen LogP contribution in [0.4, 0.5) is 0 Å². The first-order chi connectivity index (χ1) is 7.66. The first-order valence-corrected chi connectivity index (χ1v) is 9.56. The summed E-state index contributed by atoms with van der Waals surface area (Å²) in [6, 6.07) is 3.22. The Balaban J connectivity index is -0.000000114. The van der Waals surface area contributed by atoms with Crippen molar-refractivity contribution in [2.24, 2.45) is 17.8 Å². The van der Waals surface area contributed by atoms with Gasteiger partial charge >= 0.3 is 0 Å². The van der Waals surface area contributed by atoms with Crippen LogP contribution in [0, 0.1) is 17.8 Å². The first kappa shape index (κ1) is 32.8. The van der Waals surface area contributed by atoms with Crippen LogP contribution in [0.3, 0.4) is 0 Å². The summed E-state index contributed by atoms with van der Waals surface area (Å²) in [6.45, 7) is 15.3. The Hall–Kier alpha value is 0.940. The topological polar surface area (TPSA) is 103 Å². The van der Waals surface area contributed by atoms with Gasteiger partial charge in [0, 0.05) is 32.8 Å². The molecule has 0 rings (SSSR count). The van der Waals surface area contributed by atoms with E-state index < -0.39 is 8.32 Å². The zero-order valence-corrected chi connectivity index (χ0v) is 17.9. The smallest absolute Gasteiger partial charge is 0.189 e. The predicted octanol–water partition coefficient (Wildman–Crippen LogP) is 2.24. The molecule has 4 nitrogen and oxygen atoms in total. The van der Waals surface area contributed by atoms with E-state index in [1.54, 1.807) is 6.92 Å². The van der Waals surface area contributed by atoms with Crippen LogP contribution in [0.2, 0.25) is 18.1 Å². The van der Waals surface area contributed by atoms with Crippen molar-refractivity contribution in [3.8, 4) is 0 Å². The molecule has 0 saturated carbocycles. The molecule has 20 heavy (non-hydrogen) atoms. The maximum Gasteiger partial charge on any atom is 0.189 e. The Bertz CT molecular complexity index is 152. The third kappa shape index (κ3) is 24.0. The summed E-state index contributed by atoms with van der Waals surface area (Å²) in [5.41, 5.74) is 0. The minimum absolute atomic E-state index is 0. The average Bonchev–Trinajstić information content (AvgIpc) is 1.97. The van der Waals surface area contributed by atoms with E-state index in [4.69, 9.17) is 5.11 Å². The molecule has 0 fully saturated rings. The summed E-state index contributed by atoms with van der Waals surface area (Å²) in [4.78, 5) is 10.7. The average molecular weight is 390 g/mol. The first-order valence-electron chi connectivity index (χ1n) is 7.00. The van der Waals surface area contributed by atoms with Gasteiger partial charge in [-0.1, -0.05) is 41.5 Å². The molecule has 0 aliphatic rings. The van der Waals surface area contributed by atoms with Gasteiger partial charge in [-0.25, -0.2) is 0 Å². The van der Waals surface area contributed by atoms with Gasteiger partial charge in [-0.15, -0.1) is 0 Å². The fourth-order valence-corrected chi connectivity index (χ4v) is 7.59. The fourth-order valence-electron chi connectivity index (χ4n) is 2.53. The van der Waals surface area contributed by atoms with E-state index in [0.29, 0.717) is 17.8 Å². The zero-order chi connectivity index (χ0) is 14.1. The van der Waals surface area contributed by atoms with Gasteiger partial charge in [-0.2, -0.15) is 0 Å². The SMILES string of the molecule is CC(C)C[Si](O)(CC(C)C)CC(C)C.CCO.O.O.[Zr]. The predicted molar refractivity (Wildman–Crippen MR) is 86.9 cm³/mol. The van der Waals surface area contributed by atoms with Crippen LogP contribution >= 0.6 is 0 Å². The van der Waals surface area contributed by atoms with Crippen molar-refractivity contribution in [3.05, 3.63) is 0 Å². The maximum atomic E-state index is 10.7. The van der Waals surface area contributed by atoms with Crippen LogP contribution in [0.1, 0.15) is 48.5 Å². The third-order valence-corrected chi connectivity index (χ3v) is 7.09. The van der Waals surface area contributed by atoms with Gasteiger partial charge in [0.1, 0.15) is 0 Å². The van der Waals surface area contributed by atoms with Gasteiger partial charge in [-0.3, -0.25) is 0 Å². The molecule has 126 valence electrons. The monoisotopic (exact) mass is 388 g/mol. The van der Waals surface area contributed by atoms with E-state index in [0.717, 1.165) is 18.1 Å². The normalized spacial score (nSPS) is 10.2. The van der Waals surface area contributed by atoms with Crippen molar-refractivity contribution >= 4 is 8.32 Å². The molecular weight excluding hydrogens is 351 g/mol. The minimum Gasteiger partial charge on any atom is -0.432 e. The molecule has 0 atom stereocenters. The Labute approximate surface area is 146 Å². The molecule has 6 N–H and O–H groups in total. The maximum absolute atomic E-state index is 10.7. The van der Waals surface area contributed by atoms with Crippen LogP contribution in [-0.4, -0.2) is 35.8 Å². The Morgan fingerprint density at radius 3 is 1.00 bits per heavy atom. The molecule has 0 aromatic carbocycles. The molecule has 0 unspecified atom stereocenters. The summed E-state index contributed by atoms with van der Waals surface area (Å²) in [5, 5.41) is 7.57. The van der Waals surface area contributed by atoms with Crippen LogP contribution in [0.5, 0.6) is 0 Å². The molecule has 0 aromatic heterocycles. The van der Waals surface area contributed by atoms with Gasteiger partial charge in [0.2, 0.25) is 0 Å². The zero-order valence-electron chi connectivity index (χ0n) is 14.5. The third-order valence-electron chi connectivity index (χ3n) is 2.36. The van der Waals surface area contributed by atoms with Gasteiger partial charge in [0.15, 0.2) is 8.32 Å². The van der Waals surface area contributed by atoms with Gasteiger partial charge in [0.05, 0.1) is 0 Å². The van der Waals surface area contributed by atoms with Gasteiger partial charge < -0.3 is 20.9 Å². The van der Waals surface area contributed by atoms with E-state index in [2.05, 4.69) is 41.5 Å². The quantitative estimate of drug-likeness (QED) is 0.680. The van der Waals surface area contributed by atoms with Crippen molar-refractivity contribution in [3.63, 3.8) is 0 Å². The largest absolute Gasteiger partial charge is 0.432 e. The molecule has 0 spiro atoms. The van der Waals surface area contributed by atoms with Crippen molar-refractivity contribution in [2.45, 2.75) is 66.6 Å². The minimum atomic E-state index is -1.94. The molecule has 0 heterocycles. The van der Waals surface area contributed by atoms with Crippen molar-refractivity contribution in [2.75, 3.05) is 6.61 Å². The number of aliphatic hydroxyl groups excluding tert-OH is 1. The number of hydrogen-bond acceptors (Lipinski definition) is 2. The van der Waals surface area contributed by atoms with Crippen LogP contribution in [-0.2, 0) is 26.2 Å². The summed E-state index contributed by atoms with van der Waals surface area (Å²) in [5.74, 6) is 1.93. The van der Waals surface area contributed by atoms with E-state index in [-0.39, 0.29) is 43.8 Å². The summed E-state index contributed by atoms with van der Waals surface area (Å²) in [7, 11) is -1.94. The Morgan fingerprint density at radius 1 is 0.750 bits per heavy atom. The second kappa shape index (κ2) is 18.0. The molecular formula is C14H38O4SiZr. The van der Waals surface area contributed by atoms with Crippen molar-refractivity contribution in [1.82, 2.24) is 0 Å². The molecule has 0 saturated heterocycles. The van der Waals surface area contributed by atoms with E-state index in [1.165, 1.54) is 0 Å². The van der Waals surface area contributed by atoms with E-state index in [1.807, 2.05) is 0 Å². The standard InChI is InChI=1S/C12H28OSi.C2H6O.2H2O.Zr/c1-10(2)7-14(13,8-11(3)4)9-12(5)6;1-2-3;;;/h10-13H,7-9H2,1-6H3;3H,2H2,1H3;2*1H2;. The molecule has 0 amide bonds. The summed E-state index contributed by atoms with van der Waals surface area (Å²) >= 11 is 0. The van der Waals surface area contributed by atoms with Crippen LogP contribution < -0.4 is 0 Å². The van der Waals surface area contributed by atoms with Crippen molar-refractivity contribution < 1.29 is 47.1 Å². The number of rotatable bonds is 6. The summed E-state index contributed by atoms with van der Waals surface area (Å²) in [6.07, 6.45) is 0. The fraction of sp³-hybridized carbons (Fsp3) is 1.00. The molecule has 0 bridgehead atoms. The molecule has 6 heteroatoms. The molecule has 0 aliphatic heterocycles. The van der Waals surface area contributed by atoms with E-state index in [9.17, 15) is 4.80 Å². The summed E-state index contributed by atoms with van der Waals surface area (Å²) < 4.78 is 0. The van der Waals surface area contributed by atoms with Crippen LogP contribution in [0.25, 0.3) is 0 Å². The Kier molecular flexibility index (Phi) is 29.5. The van der Waals surface area contributed by atoms with Gasteiger partial charge in [0.25, 0.3) is 0 Å². The molecule has 0 aliphatic carbocycles. The molecule has 0 aromatic rings. The number of aliphatic hydroxyl groups is 1. The second-order valence-corrected chi connectivity index (χ2v) is 10.0. The molecule has 0 radical (unpaired) electrons. The van der Waals surface area contributed by atoms with Gasteiger partial charge in [-0.05, 0) is 42.8 Å². The number of hydrogen-bond donors (Lipinski definition) is 2. The second-order valence-electron chi connectivity index (χ2n) is 6.33. The van der Waals surface area contributed by atoms with Crippen molar-refractivity contribution in [1.29, 1.82) is 0 Å². The van der Waals surface area contributed by atoms with Crippen LogP contribution in [0.15, 0.2) is 0 Å². The Morgan fingerprint density at radius 2 is 0.900 bits per heavy atom.